The molecule has 39 heavy (non-hydrogen) atoms. The van der Waals surface area contributed by atoms with Crippen molar-refractivity contribution in [1.82, 2.24) is 5.32 Å². The summed E-state index contributed by atoms with van der Waals surface area (Å²) in [5, 5.41) is 6.03. The number of anilines is 1. The first-order valence-corrected chi connectivity index (χ1v) is 13.3. The highest BCUT2D eigenvalue weighted by atomic mass is 79.9. The molecule has 0 aliphatic heterocycles. The average molecular weight is 620 g/mol. The quantitative estimate of drug-likeness (QED) is 0.155. The molecule has 4 aromatic rings. The van der Waals surface area contributed by atoms with Gasteiger partial charge in [-0.3, -0.25) is 14.4 Å². The Morgan fingerprint density at radius 2 is 1.41 bits per heavy atom. The zero-order valence-electron chi connectivity index (χ0n) is 20.3. The van der Waals surface area contributed by atoms with Gasteiger partial charge in [-0.15, -0.1) is 0 Å². The van der Waals surface area contributed by atoms with Crippen molar-refractivity contribution < 1.29 is 14.4 Å². The Kier molecular flexibility index (Phi) is 9.49. The third kappa shape index (κ3) is 7.77. The molecule has 4 aromatic carbocycles. The maximum absolute atomic E-state index is 13.2. The number of carbonyl (C=O) groups excluding carboxylic acids is 3. The lowest BCUT2D eigenvalue weighted by atomic mass is 10.1. The number of hydrogen-bond acceptors (Lipinski definition) is 3. The van der Waals surface area contributed by atoms with E-state index in [1.54, 1.807) is 78.9 Å². The Labute approximate surface area is 244 Å². The maximum atomic E-state index is 13.2. The lowest BCUT2D eigenvalue weighted by Gasteiger charge is -2.12. The van der Waals surface area contributed by atoms with Crippen LogP contribution in [0.15, 0.2) is 113 Å². The maximum Gasteiger partial charge on any atom is 0.272 e. The van der Waals surface area contributed by atoms with Crippen LogP contribution in [0.5, 0.6) is 0 Å². The highest BCUT2D eigenvalue weighted by molar-refractivity contribution is 9.10. The van der Waals surface area contributed by atoms with E-state index in [4.69, 9.17) is 23.2 Å². The number of hydrogen-bond donors (Lipinski definition) is 2. The Hall–Kier alpha value is -3.97. The molecule has 0 aromatic heterocycles. The zero-order chi connectivity index (χ0) is 27.8. The van der Waals surface area contributed by atoms with Gasteiger partial charge < -0.3 is 10.6 Å². The third-order valence-corrected chi connectivity index (χ3v) is 6.67. The molecular formula is C31H21BrCl2N2O3. The summed E-state index contributed by atoms with van der Waals surface area (Å²) in [4.78, 5) is 38.7. The van der Waals surface area contributed by atoms with Crippen molar-refractivity contribution >= 4 is 74.6 Å². The van der Waals surface area contributed by atoms with E-state index >= 15 is 0 Å². The van der Waals surface area contributed by atoms with Gasteiger partial charge in [0.25, 0.3) is 11.8 Å². The first-order valence-electron chi connectivity index (χ1n) is 11.7. The van der Waals surface area contributed by atoms with Gasteiger partial charge >= 0.3 is 0 Å². The van der Waals surface area contributed by atoms with Crippen molar-refractivity contribution in [1.29, 1.82) is 0 Å². The van der Waals surface area contributed by atoms with E-state index in [0.29, 0.717) is 32.4 Å². The number of ketones is 1. The minimum absolute atomic E-state index is 0.0593. The van der Waals surface area contributed by atoms with Gasteiger partial charge in [0.2, 0.25) is 0 Å². The molecule has 0 saturated carbocycles. The van der Waals surface area contributed by atoms with Crippen LogP contribution in [0, 0.1) is 0 Å². The molecule has 2 N–H and O–H groups in total. The number of benzene rings is 4. The normalized spacial score (nSPS) is 11.3. The number of halogens is 3. The second-order valence-electron chi connectivity index (χ2n) is 8.30. The highest BCUT2D eigenvalue weighted by Gasteiger charge is 2.17. The van der Waals surface area contributed by atoms with Crippen molar-refractivity contribution in [3.63, 3.8) is 0 Å². The second kappa shape index (κ2) is 13.2. The molecule has 0 fully saturated rings. The van der Waals surface area contributed by atoms with Crippen LogP contribution in [0.4, 0.5) is 5.69 Å². The van der Waals surface area contributed by atoms with Crippen molar-refractivity contribution in [3.8, 4) is 0 Å². The summed E-state index contributed by atoms with van der Waals surface area (Å²) in [6, 6.07) is 27.5. The molecule has 2 amide bonds. The van der Waals surface area contributed by atoms with Crippen LogP contribution in [-0.2, 0) is 4.79 Å². The number of nitrogens with one attached hydrogen (secondary N) is 2. The van der Waals surface area contributed by atoms with Crippen molar-refractivity contribution in [2.24, 2.45) is 0 Å². The summed E-state index contributed by atoms with van der Waals surface area (Å²) >= 11 is 16.0. The molecular weight excluding hydrogens is 599 g/mol. The minimum atomic E-state index is -0.594. The molecule has 0 radical (unpaired) electrons. The molecule has 4 rings (SSSR count). The predicted molar refractivity (Wildman–Crippen MR) is 161 cm³/mol. The Bertz CT molecular complexity index is 1560. The molecule has 0 aliphatic carbocycles. The monoisotopic (exact) mass is 618 g/mol. The zero-order valence-corrected chi connectivity index (χ0v) is 23.4. The minimum Gasteiger partial charge on any atom is -0.321 e. The van der Waals surface area contributed by atoms with E-state index in [1.807, 2.05) is 24.3 Å². The Morgan fingerprint density at radius 3 is 2.08 bits per heavy atom. The third-order valence-electron chi connectivity index (χ3n) is 5.52. The summed E-state index contributed by atoms with van der Waals surface area (Å²) < 4.78 is 0.919. The van der Waals surface area contributed by atoms with Crippen molar-refractivity contribution in [3.05, 3.63) is 146 Å². The van der Waals surface area contributed by atoms with Crippen LogP contribution in [0.1, 0.15) is 31.8 Å². The first-order chi connectivity index (χ1) is 18.8. The van der Waals surface area contributed by atoms with Gasteiger partial charge in [-0.2, -0.15) is 0 Å². The van der Waals surface area contributed by atoms with Crippen LogP contribution in [0.2, 0.25) is 10.0 Å². The van der Waals surface area contributed by atoms with Gasteiger partial charge in [0.1, 0.15) is 5.70 Å². The second-order valence-corrected chi connectivity index (χ2v) is 10.0. The van der Waals surface area contributed by atoms with Crippen LogP contribution >= 0.6 is 39.1 Å². The summed E-state index contributed by atoms with van der Waals surface area (Å²) in [5.41, 5.74) is 2.47. The lowest BCUT2D eigenvalue weighted by Crippen LogP contribution is -2.30. The van der Waals surface area contributed by atoms with Crippen LogP contribution in [0.3, 0.4) is 0 Å². The molecule has 194 valence electrons. The van der Waals surface area contributed by atoms with E-state index in [1.165, 1.54) is 12.2 Å². The van der Waals surface area contributed by atoms with Gasteiger partial charge in [-0.1, -0.05) is 81.6 Å². The molecule has 0 unspecified atom stereocenters. The van der Waals surface area contributed by atoms with E-state index in [-0.39, 0.29) is 11.5 Å². The Morgan fingerprint density at radius 1 is 0.744 bits per heavy atom. The van der Waals surface area contributed by atoms with E-state index in [9.17, 15) is 14.4 Å². The smallest absolute Gasteiger partial charge is 0.272 e. The van der Waals surface area contributed by atoms with E-state index in [2.05, 4.69) is 26.6 Å². The van der Waals surface area contributed by atoms with Gasteiger partial charge in [0, 0.05) is 36.9 Å². The lowest BCUT2D eigenvalue weighted by molar-refractivity contribution is -0.113. The van der Waals surface area contributed by atoms with Gasteiger partial charge in [0.15, 0.2) is 5.78 Å². The fourth-order valence-electron chi connectivity index (χ4n) is 3.53. The largest absolute Gasteiger partial charge is 0.321 e. The first kappa shape index (κ1) is 28.0. The molecule has 0 heterocycles. The topological polar surface area (TPSA) is 75.3 Å². The number of allylic oxidation sites excluding steroid dienone is 1. The number of carbonyl (C=O) groups is 3. The standard InChI is InChI=1S/C31H21BrCl2N2O3/c32-23-9-4-6-20(18-23)12-17-29(37)21-13-15-24(16-14-21)35-31(39)28(19-25-26(33)10-5-11-27(25)34)36-30(38)22-7-2-1-3-8-22/h1-19H,(H,35,39)(H,36,38)/b17-12+,28-19-. The summed E-state index contributed by atoms with van der Waals surface area (Å²) in [6.45, 7) is 0. The summed E-state index contributed by atoms with van der Waals surface area (Å²) in [6.07, 6.45) is 4.64. The predicted octanol–water partition coefficient (Wildman–Crippen LogP) is 8.06. The molecule has 0 bridgehead atoms. The fourth-order valence-corrected chi connectivity index (χ4v) is 4.45. The van der Waals surface area contributed by atoms with Crippen molar-refractivity contribution in [2.45, 2.75) is 0 Å². The van der Waals surface area contributed by atoms with Crippen LogP contribution < -0.4 is 10.6 Å². The number of rotatable bonds is 8. The Balaban J connectivity index is 1.53. The van der Waals surface area contributed by atoms with Gasteiger partial charge in [0.05, 0.1) is 0 Å². The average Bonchev–Trinajstić information content (AvgIpc) is 2.94. The van der Waals surface area contributed by atoms with Crippen LogP contribution in [-0.4, -0.2) is 17.6 Å². The van der Waals surface area contributed by atoms with E-state index < -0.39 is 11.8 Å². The SMILES string of the molecule is O=C(Nc1ccc(C(=O)/C=C/c2cccc(Br)c2)cc1)/C(=C/c1c(Cl)cccc1Cl)NC(=O)c1ccccc1. The molecule has 5 nitrogen and oxygen atoms in total. The number of amides is 2. The van der Waals surface area contributed by atoms with E-state index in [0.717, 1.165) is 10.0 Å². The van der Waals surface area contributed by atoms with Gasteiger partial charge in [-0.25, -0.2) is 0 Å². The molecule has 0 spiro atoms. The fraction of sp³-hybridized carbons (Fsp3) is 0. The van der Waals surface area contributed by atoms with Gasteiger partial charge in [-0.05, 0) is 78.4 Å². The molecule has 0 atom stereocenters. The highest BCUT2D eigenvalue weighted by Crippen LogP contribution is 2.27. The summed E-state index contributed by atoms with van der Waals surface area (Å²) in [5.74, 6) is -1.25. The molecule has 0 saturated heterocycles. The van der Waals surface area contributed by atoms with Crippen molar-refractivity contribution in [2.75, 3.05) is 5.32 Å². The molecule has 0 aliphatic rings. The summed E-state index contributed by atoms with van der Waals surface area (Å²) in [7, 11) is 0. The van der Waals surface area contributed by atoms with Crippen LogP contribution in [0.25, 0.3) is 12.2 Å². The molecule has 8 heteroatoms.